The summed E-state index contributed by atoms with van der Waals surface area (Å²) in [5.74, 6) is -0.564. The number of ketones is 1. The Morgan fingerprint density at radius 2 is 1.62 bits per heavy atom. The second-order valence-corrected chi connectivity index (χ2v) is 10.7. The van der Waals surface area contributed by atoms with E-state index in [2.05, 4.69) is 20.8 Å². The van der Waals surface area contributed by atoms with E-state index in [1.165, 1.54) is 0 Å². The maximum Gasteiger partial charge on any atom is 0.324 e. The molecule has 29 heavy (non-hydrogen) atoms. The highest BCUT2D eigenvalue weighted by Gasteiger charge is 2.45. The quantitative estimate of drug-likeness (QED) is 0.242. The molecule has 1 aromatic carbocycles. The maximum atomic E-state index is 13.3. The molecule has 0 fully saturated rings. The third-order valence-corrected chi connectivity index (χ3v) is 5.92. The Kier molecular flexibility index (Phi) is 9.21. The van der Waals surface area contributed by atoms with Crippen LogP contribution in [0.3, 0.4) is 0 Å². The van der Waals surface area contributed by atoms with Crippen molar-refractivity contribution >= 4 is 20.2 Å². The van der Waals surface area contributed by atoms with Crippen molar-refractivity contribution in [1.82, 2.24) is 0 Å². The van der Waals surface area contributed by atoms with E-state index in [-0.39, 0.29) is 38.6 Å². The van der Waals surface area contributed by atoms with E-state index in [0.717, 1.165) is 23.1 Å². The SMILES string of the molecule is CCCOC(=O)C(CC(=O)c1c(C)cc(C)cc1C)(CC(C)CC(C)(C)C)P=O. The fourth-order valence-corrected chi connectivity index (χ4v) is 5.06. The van der Waals surface area contributed by atoms with Crippen molar-refractivity contribution in [3.8, 4) is 0 Å². The van der Waals surface area contributed by atoms with Gasteiger partial charge in [0.15, 0.2) is 19.4 Å². The van der Waals surface area contributed by atoms with Crippen molar-refractivity contribution in [3.63, 3.8) is 0 Å². The summed E-state index contributed by atoms with van der Waals surface area (Å²) in [4.78, 5) is 26.2. The first-order chi connectivity index (χ1) is 13.3. The van der Waals surface area contributed by atoms with E-state index in [1.807, 2.05) is 46.8 Å². The van der Waals surface area contributed by atoms with Crippen molar-refractivity contribution < 1.29 is 18.9 Å². The van der Waals surface area contributed by atoms with E-state index < -0.39 is 11.1 Å². The molecule has 1 rings (SSSR count). The summed E-state index contributed by atoms with van der Waals surface area (Å²) >= 11 is 0. The van der Waals surface area contributed by atoms with Gasteiger partial charge in [-0.05, 0) is 62.5 Å². The standard InChI is InChI=1S/C24H37O4P/c1-9-10-28-22(26)24(29-27,14-17(3)13-23(6,7)8)15-20(25)21-18(4)11-16(2)12-19(21)5/h11-12,17H,9-10,13-15H2,1-8H3. The molecule has 5 heteroatoms. The first-order valence-corrected chi connectivity index (χ1v) is 11.3. The number of Topliss-reactive ketones (excluding diaryl/α,β-unsaturated/α-hetero) is 1. The predicted molar refractivity (Wildman–Crippen MR) is 119 cm³/mol. The molecule has 2 atom stereocenters. The van der Waals surface area contributed by atoms with Crippen LogP contribution < -0.4 is 0 Å². The van der Waals surface area contributed by atoms with Crippen LogP contribution in [0.2, 0.25) is 0 Å². The minimum absolute atomic E-state index is 0.0758. The van der Waals surface area contributed by atoms with Crippen molar-refractivity contribution in [2.75, 3.05) is 6.61 Å². The van der Waals surface area contributed by atoms with Crippen LogP contribution in [0, 0.1) is 32.1 Å². The second kappa shape index (κ2) is 10.5. The highest BCUT2D eigenvalue weighted by atomic mass is 31.1. The number of benzene rings is 1. The Morgan fingerprint density at radius 1 is 1.07 bits per heavy atom. The number of carbonyl (C=O) groups excluding carboxylic acids is 2. The number of ether oxygens (including phenoxy) is 1. The van der Waals surface area contributed by atoms with Crippen molar-refractivity contribution in [2.45, 2.75) is 86.2 Å². The lowest BCUT2D eigenvalue weighted by atomic mass is 9.79. The number of rotatable bonds is 10. The van der Waals surface area contributed by atoms with Gasteiger partial charge in [0.2, 0.25) is 0 Å². The van der Waals surface area contributed by atoms with Crippen LogP contribution in [-0.4, -0.2) is 23.5 Å². The van der Waals surface area contributed by atoms with Gasteiger partial charge in [-0.15, -0.1) is 0 Å². The van der Waals surface area contributed by atoms with Gasteiger partial charge in [-0.2, -0.15) is 0 Å². The molecule has 0 aliphatic rings. The molecule has 0 radical (unpaired) electrons. The Labute approximate surface area is 178 Å². The number of hydrogen-bond acceptors (Lipinski definition) is 4. The number of esters is 1. The summed E-state index contributed by atoms with van der Waals surface area (Å²) in [7, 11) is -0.352. The molecule has 0 spiro atoms. The zero-order chi connectivity index (χ0) is 22.4. The highest BCUT2D eigenvalue weighted by Crippen LogP contribution is 2.40. The van der Waals surface area contributed by atoms with Gasteiger partial charge in [-0.1, -0.05) is 52.3 Å². The van der Waals surface area contributed by atoms with Crippen LogP contribution >= 0.6 is 8.46 Å². The predicted octanol–water partition coefficient (Wildman–Crippen LogP) is 6.63. The fraction of sp³-hybridized carbons (Fsp3) is 0.667. The Bertz CT molecular complexity index is 725. The lowest BCUT2D eigenvalue weighted by molar-refractivity contribution is -0.147. The molecule has 0 aromatic heterocycles. The molecule has 4 nitrogen and oxygen atoms in total. The molecule has 2 unspecified atom stereocenters. The summed E-state index contributed by atoms with van der Waals surface area (Å²) in [6.07, 6.45) is 1.79. The lowest BCUT2D eigenvalue weighted by Crippen LogP contribution is -2.39. The summed E-state index contributed by atoms with van der Waals surface area (Å²) in [6.45, 7) is 16.4. The fourth-order valence-electron chi connectivity index (χ4n) is 4.33. The summed E-state index contributed by atoms with van der Waals surface area (Å²) in [5.41, 5.74) is 3.55. The minimum Gasteiger partial charge on any atom is -0.465 e. The van der Waals surface area contributed by atoms with E-state index in [9.17, 15) is 14.2 Å². The van der Waals surface area contributed by atoms with Gasteiger partial charge in [-0.25, -0.2) is 0 Å². The zero-order valence-corrected chi connectivity index (χ0v) is 20.2. The number of aryl methyl sites for hydroxylation is 3. The molecule has 0 aliphatic carbocycles. The van der Waals surface area contributed by atoms with E-state index in [0.29, 0.717) is 18.4 Å². The van der Waals surface area contributed by atoms with Crippen LogP contribution in [0.4, 0.5) is 0 Å². The van der Waals surface area contributed by atoms with Crippen LogP contribution in [0.1, 0.15) is 87.4 Å². The minimum atomic E-state index is -1.35. The normalized spacial score (nSPS) is 15.0. The van der Waals surface area contributed by atoms with Crippen molar-refractivity contribution in [3.05, 3.63) is 34.4 Å². The first-order valence-electron chi connectivity index (χ1n) is 10.5. The van der Waals surface area contributed by atoms with E-state index in [4.69, 9.17) is 4.74 Å². The molecule has 1 aromatic rings. The van der Waals surface area contributed by atoms with Crippen molar-refractivity contribution in [1.29, 1.82) is 0 Å². The molecule has 0 aliphatic heterocycles. The number of hydrogen-bond donors (Lipinski definition) is 0. The Morgan fingerprint density at radius 3 is 2.07 bits per heavy atom. The topological polar surface area (TPSA) is 60.4 Å². The van der Waals surface area contributed by atoms with Gasteiger partial charge in [0.05, 0.1) is 6.61 Å². The Hall–Kier alpha value is -1.54. The van der Waals surface area contributed by atoms with Crippen LogP contribution in [0.25, 0.3) is 0 Å². The molecule has 0 saturated heterocycles. The molecule has 162 valence electrons. The summed E-state index contributed by atoms with van der Waals surface area (Å²) < 4.78 is 17.8. The monoisotopic (exact) mass is 420 g/mol. The first kappa shape index (κ1) is 25.5. The molecule has 0 amide bonds. The molecule has 0 heterocycles. The van der Waals surface area contributed by atoms with Crippen LogP contribution in [-0.2, 0) is 14.1 Å². The second-order valence-electron chi connectivity index (χ2n) is 9.71. The third kappa shape index (κ3) is 7.33. The molecular formula is C24H37O4P. The average molecular weight is 421 g/mol. The third-order valence-electron chi connectivity index (χ3n) is 5.05. The highest BCUT2D eigenvalue weighted by molar-refractivity contribution is 7.28. The van der Waals surface area contributed by atoms with Gasteiger partial charge >= 0.3 is 5.97 Å². The van der Waals surface area contributed by atoms with E-state index >= 15 is 0 Å². The van der Waals surface area contributed by atoms with E-state index in [1.54, 1.807) is 0 Å². The van der Waals surface area contributed by atoms with Crippen LogP contribution in [0.15, 0.2) is 12.1 Å². The molecule has 0 saturated carbocycles. The molecule has 0 N–H and O–H groups in total. The van der Waals surface area contributed by atoms with Crippen LogP contribution in [0.5, 0.6) is 0 Å². The lowest BCUT2D eigenvalue weighted by Gasteiger charge is -2.30. The Balaban J connectivity index is 3.27. The van der Waals surface area contributed by atoms with Gasteiger partial charge in [0, 0.05) is 12.0 Å². The number of carbonyl (C=O) groups is 2. The van der Waals surface area contributed by atoms with Gasteiger partial charge in [-0.3, -0.25) is 14.2 Å². The summed E-state index contributed by atoms with van der Waals surface area (Å²) in [6, 6.07) is 3.93. The largest absolute Gasteiger partial charge is 0.465 e. The van der Waals surface area contributed by atoms with Gasteiger partial charge in [0.25, 0.3) is 0 Å². The van der Waals surface area contributed by atoms with Crippen molar-refractivity contribution in [2.24, 2.45) is 11.3 Å². The zero-order valence-electron chi connectivity index (χ0n) is 19.3. The van der Waals surface area contributed by atoms with Gasteiger partial charge < -0.3 is 4.74 Å². The maximum absolute atomic E-state index is 13.3. The molecule has 0 bridgehead atoms. The molecular weight excluding hydrogens is 383 g/mol. The average Bonchev–Trinajstić information content (AvgIpc) is 2.56. The van der Waals surface area contributed by atoms with Gasteiger partial charge in [0.1, 0.15) is 0 Å². The summed E-state index contributed by atoms with van der Waals surface area (Å²) in [5, 5.41) is -1.35. The smallest absolute Gasteiger partial charge is 0.324 e.